The first-order chi connectivity index (χ1) is 6.22. The minimum atomic E-state index is -0.130. The van der Waals surface area contributed by atoms with Crippen LogP contribution >= 0.6 is 11.3 Å². The third-order valence-corrected chi connectivity index (χ3v) is 3.26. The Labute approximate surface area is 81.5 Å². The maximum Gasteiger partial charge on any atom is 0.198 e. The molecular formula is C10H11NOS. The minimum absolute atomic E-state index is 0.130. The van der Waals surface area contributed by atoms with Gasteiger partial charge in [-0.2, -0.15) is 5.26 Å². The van der Waals surface area contributed by atoms with Gasteiger partial charge < -0.3 is 0 Å². The van der Waals surface area contributed by atoms with Gasteiger partial charge in [0, 0.05) is 9.75 Å². The predicted molar refractivity (Wildman–Crippen MR) is 54.1 cm³/mol. The second-order valence-corrected chi connectivity index (χ2v) is 3.92. The summed E-state index contributed by atoms with van der Waals surface area (Å²) in [5.41, 5.74) is 0.194. The van der Waals surface area contributed by atoms with Crippen molar-refractivity contribution >= 4 is 11.3 Å². The van der Waals surface area contributed by atoms with Gasteiger partial charge in [-0.3, -0.25) is 4.79 Å². The Balaban J connectivity index is 3.40. The van der Waals surface area contributed by atoms with E-state index in [-0.39, 0.29) is 5.43 Å². The van der Waals surface area contributed by atoms with Crippen molar-refractivity contribution in [1.29, 1.82) is 5.26 Å². The maximum absolute atomic E-state index is 11.4. The Bertz CT molecular complexity index is 400. The topological polar surface area (TPSA) is 40.9 Å². The molecule has 0 aliphatic carbocycles. The zero-order valence-electron chi connectivity index (χ0n) is 7.76. The first-order valence-corrected chi connectivity index (χ1v) is 5.10. The van der Waals surface area contributed by atoms with E-state index in [1.54, 1.807) is 17.4 Å². The van der Waals surface area contributed by atoms with Gasteiger partial charge >= 0.3 is 0 Å². The summed E-state index contributed by atoms with van der Waals surface area (Å²) in [5.74, 6) is 0. The van der Waals surface area contributed by atoms with E-state index in [0.717, 1.165) is 22.6 Å². The quantitative estimate of drug-likeness (QED) is 0.721. The molecule has 0 bridgehead atoms. The molecule has 1 aromatic heterocycles. The zero-order chi connectivity index (χ0) is 9.84. The van der Waals surface area contributed by atoms with Crippen LogP contribution in [0, 0.1) is 11.3 Å². The lowest BCUT2D eigenvalue weighted by Gasteiger charge is -2.00. The highest BCUT2D eigenvalue weighted by atomic mass is 32.1. The summed E-state index contributed by atoms with van der Waals surface area (Å²) in [4.78, 5) is 13.4. The molecule has 0 radical (unpaired) electrons. The van der Waals surface area contributed by atoms with E-state index in [0.29, 0.717) is 5.56 Å². The minimum Gasteiger partial charge on any atom is -0.288 e. The maximum atomic E-state index is 11.4. The van der Waals surface area contributed by atoms with Crippen LogP contribution in [0.1, 0.15) is 29.2 Å². The highest BCUT2D eigenvalue weighted by Crippen LogP contribution is 2.15. The van der Waals surface area contributed by atoms with Crippen molar-refractivity contribution in [1.82, 2.24) is 0 Å². The fourth-order valence-corrected chi connectivity index (χ4v) is 2.15. The third-order valence-electron chi connectivity index (χ3n) is 1.85. The smallest absolute Gasteiger partial charge is 0.198 e. The van der Waals surface area contributed by atoms with Gasteiger partial charge in [-0.05, 0) is 18.9 Å². The van der Waals surface area contributed by atoms with E-state index in [9.17, 15) is 4.79 Å². The molecule has 1 rings (SSSR count). The number of nitriles is 1. The van der Waals surface area contributed by atoms with Crippen molar-refractivity contribution in [2.45, 2.75) is 26.7 Å². The van der Waals surface area contributed by atoms with Crippen LogP contribution in [0.15, 0.2) is 10.9 Å². The summed E-state index contributed by atoms with van der Waals surface area (Å²) in [7, 11) is 0. The van der Waals surface area contributed by atoms with Crippen LogP contribution in [0.4, 0.5) is 0 Å². The van der Waals surface area contributed by atoms with Crippen molar-refractivity contribution in [3.05, 3.63) is 31.6 Å². The summed E-state index contributed by atoms with van der Waals surface area (Å²) in [6.07, 6.45) is 1.62. The lowest BCUT2D eigenvalue weighted by atomic mass is 10.2. The second kappa shape index (κ2) is 4.20. The summed E-state index contributed by atoms with van der Waals surface area (Å²) >= 11 is 1.57. The van der Waals surface area contributed by atoms with E-state index in [2.05, 4.69) is 0 Å². The van der Waals surface area contributed by atoms with Crippen LogP contribution in [-0.2, 0) is 12.8 Å². The number of aryl methyl sites for hydroxylation is 2. The van der Waals surface area contributed by atoms with Gasteiger partial charge in [0.05, 0.1) is 0 Å². The molecule has 3 heteroatoms. The highest BCUT2D eigenvalue weighted by Gasteiger charge is 2.06. The summed E-state index contributed by atoms with van der Waals surface area (Å²) in [6, 6.07) is 3.54. The van der Waals surface area contributed by atoms with Crippen LogP contribution in [-0.4, -0.2) is 0 Å². The van der Waals surface area contributed by atoms with Crippen LogP contribution in [0.3, 0.4) is 0 Å². The van der Waals surface area contributed by atoms with E-state index < -0.39 is 0 Å². The van der Waals surface area contributed by atoms with Gasteiger partial charge in [0.2, 0.25) is 0 Å². The number of hydrogen-bond acceptors (Lipinski definition) is 3. The van der Waals surface area contributed by atoms with E-state index in [4.69, 9.17) is 5.26 Å². The first kappa shape index (κ1) is 9.94. The van der Waals surface area contributed by atoms with E-state index in [1.807, 2.05) is 19.9 Å². The van der Waals surface area contributed by atoms with Gasteiger partial charge in [-0.1, -0.05) is 13.8 Å². The van der Waals surface area contributed by atoms with Crippen LogP contribution < -0.4 is 5.43 Å². The van der Waals surface area contributed by atoms with Gasteiger partial charge in [0.25, 0.3) is 0 Å². The normalized spacial score (nSPS) is 9.62. The third kappa shape index (κ3) is 1.96. The Morgan fingerprint density at radius 2 is 2.15 bits per heavy atom. The Morgan fingerprint density at radius 3 is 2.62 bits per heavy atom. The van der Waals surface area contributed by atoms with E-state index in [1.165, 1.54) is 0 Å². The largest absolute Gasteiger partial charge is 0.288 e. The first-order valence-electron chi connectivity index (χ1n) is 4.28. The average Bonchev–Trinajstić information content (AvgIpc) is 2.16. The Morgan fingerprint density at radius 1 is 1.46 bits per heavy atom. The molecule has 1 aromatic rings. The fraction of sp³-hybridized carbons (Fsp3) is 0.400. The van der Waals surface area contributed by atoms with Crippen LogP contribution in [0.2, 0.25) is 0 Å². The molecule has 0 N–H and O–H groups in total. The van der Waals surface area contributed by atoms with Crippen LogP contribution in [0.5, 0.6) is 0 Å². The number of nitrogens with zero attached hydrogens (tertiary/aromatic N) is 1. The molecule has 0 spiro atoms. The Kier molecular flexibility index (Phi) is 3.21. The molecule has 2 nitrogen and oxygen atoms in total. The van der Waals surface area contributed by atoms with E-state index >= 15 is 0 Å². The zero-order valence-corrected chi connectivity index (χ0v) is 8.57. The molecule has 0 saturated heterocycles. The molecule has 0 atom stereocenters. The van der Waals surface area contributed by atoms with Gasteiger partial charge in [-0.15, -0.1) is 11.3 Å². The standard InChI is InChI=1S/C10H11NOS/c1-3-7-5-9(12)8(6-11)10(4-2)13-7/h5H,3-4H2,1-2H3. The van der Waals surface area contributed by atoms with Crippen molar-refractivity contribution in [2.75, 3.05) is 0 Å². The SMILES string of the molecule is CCc1cc(=O)c(C#N)c(CC)s1. The van der Waals surface area contributed by atoms with Crippen molar-refractivity contribution in [2.24, 2.45) is 0 Å². The molecule has 0 amide bonds. The Hall–Kier alpha value is -1.14. The molecule has 13 heavy (non-hydrogen) atoms. The fourth-order valence-electron chi connectivity index (χ4n) is 1.14. The van der Waals surface area contributed by atoms with Gasteiger partial charge in [0.1, 0.15) is 11.6 Å². The molecule has 0 saturated carbocycles. The summed E-state index contributed by atoms with van der Waals surface area (Å²) < 4.78 is 0. The van der Waals surface area contributed by atoms with Crippen molar-refractivity contribution < 1.29 is 0 Å². The highest BCUT2D eigenvalue weighted by molar-refractivity contribution is 7.11. The van der Waals surface area contributed by atoms with Gasteiger partial charge in [-0.25, -0.2) is 0 Å². The van der Waals surface area contributed by atoms with Crippen molar-refractivity contribution in [3.63, 3.8) is 0 Å². The second-order valence-electron chi connectivity index (χ2n) is 2.69. The average molecular weight is 193 g/mol. The molecule has 0 aliphatic heterocycles. The molecular weight excluding hydrogens is 182 g/mol. The number of rotatable bonds is 2. The lowest BCUT2D eigenvalue weighted by molar-refractivity contribution is 1.14. The van der Waals surface area contributed by atoms with Crippen LogP contribution in [0.25, 0.3) is 0 Å². The predicted octanol–water partition coefficient (Wildman–Crippen LogP) is 2.10. The van der Waals surface area contributed by atoms with Gasteiger partial charge in [0.15, 0.2) is 5.43 Å². The van der Waals surface area contributed by atoms with Crippen molar-refractivity contribution in [3.8, 4) is 6.07 Å². The molecule has 68 valence electrons. The molecule has 0 aliphatic rings. The monoisotopic (exact) mass is 193 g/mol. The summed E-state index contributed by atoms with van der Waals surface area (Å²) in [5, 5.41) is 8.75. The molecule has 0 aromatic carbocycles. The molecule has 1 heterocycles. The molecule has 0 unspecified atom stereocenters. The number of hydrogen-bond donors (Lipinski definition) is 0. The lowest BCUT2D eigenvalue weighted by Crippen LogP contribution is -2.07. The summed E-state index contributed by atoms with van der Waals surface area (Å²) in [6.45, 7) is 3.97. The molecule has 0 fully saturated rings.